The predicted molar refractivity (Wildman–Crippen MR) is 61.2 cm³/mol. The van der Waals surface area contributed by atoms with E-state index in [2.05, 4.69) is 4.98 Å². The molecule has 0 aliphatic carbocycles. The normalized spacial score (nSPS) is 20.1. The molecule has 0 spiro atoms. The molecule has 15 heavy (non-hydrogen) atoms. The lowest BCUT2D eigenvalue weighted by molar-refractivity contribution is 0.0741. The molecule has 4 nitrogen and oxygen atoms in total. The number of nitrogens with two attached hydrogens (primary N) is 1. The molecule has 0 bridgehead atoms. The number of hydrogen-bond acceptors (Lipinski definition) is 2. The topological polar surface area (TPSA) is 62.1 Å². The van der Waals surface area contributed by atoms with Crippen molar-refractivity contribution in [2.45, 2.75) is 18.9 Å². The van der Waals surface area contributed by atoms with Gasteiger partial charge in [-0.05, 0) is 18.9 Å². The standard InChI is InChI=1S/C10H15N3O.ClH/c11-6-9-2-1-5-13(9)10(14)8-3-4-12-7-8;/h3-4,7,9,12H,1-2,5-6,11H2;1H. The van der Waals surface area contributed by atoms with Gasteiger partial charge in [-0.1, -0.05) is 0 Å². The highest BCUT2D eigenvalue weighted by molar-refractivity contribution is 5.94. The molecule has 1 aliphatic rings. The van der Waals surface area contributed by atoms with Gasteiger partial charge in [-0.2, -0.15) is 0 Å². The Balaban J connectivity index is 0.00000112. The molecule has 1 fully saturated rings. The van der Waals surface area contributed by atoms with Crippen LogP contribution in [0.15, 0.2) is 18.5 Å². The number of carbonyl (C=O) groups is 1. The van der Waals surface area contributed by atoms with Crippen molar-refractivity contribution < 1.29 is 4.79 Å². The minimum absolute atomic E-state index is 0. The van der Waals surface area contributed by atoms with Crippen molar-refractivity contribution in [2.75, 3.05) is 13.1 Å². The molecule has 1 aliphatic heterocycles. The van der Waals surface area contributed by atoms with Gasteiger partial charge in [0.1, 0.15) is 0 Å². The van der Waals surface area contributed by atoms with Crippen LogP contribution in [0.4, 0.5) is 0 Å². The predicted octanol–water partition coefficient (Wildman–Crippen LogP) is 1.000. The van der Waals surface area contributed by atoms with Gasteiger partial charge < -0.3 is 15.6 Å². The number of aromatic nitrogens is 1. The number of hydrogen-bond donors (Lipinski definition) is 2. The maximum atomic E-state index is 11.9. The summed E-state index contributed by atoms with van der Waals surface area (Å²) in [6, 6.07) is 2.03. The van der Waals surface area contributed by atoms with Gasteiger partial charge in [-0.25, -0.2) is 0 Å². The van der Waals surface area contributed by atoms with Gasteiger partial charge in [0, 0.05) is 31.5 Å². The zero-order chi connectivity index (χ0) is 9.97. The number of likely N-dealkylation sites (tertiary alicyclic amines) is 1. The second-order valence-electron chi connectivity index (χ2n) is 3.63. The molecule has 5 heteroatoms. The Morgan fingerprint density at radius 1 is 1.67 bits per heavy atom. The van der Waals surface area contributed by atoms with Crippen LogP contribution in [0.25, 0.3) is 0 Å². The Hall–Kier alpha value is -1.00. The van der Waals surface area contributed by atoms with Gasteiger partial charge in [0.25, 0.3) is 5.91 Å². The fourth-order valence-electron chi connectivity index (χ4n) is 1.97. The van der Waals surface area contributed by atoms with Crippen LogP contribution in [-0.2, 0) is 0 Å². The van der Waals surface area contributed by atoms with E-state index in [4.69, 9.17) is 5.73 Å². The average molecular weight is 230 g/mol. The van der Waals surface area contributed by atoms with E-state index in [-0.39, 0.29) is 24.4 Å². The summed E-state index contributed by atoms with van der Waals surface area (Å²) >= 11 is 0. The molecule has 1 unspecified atom stereocenters. The van der Waals surface area contributed by atoms with Crippen molar-refractivity contribution in [3.8, 4) is 0 Å². The molecule has 1 amide bonds. The SMILES string of the molecule is Cl.NCC1CCCN1C(=O)c1cc[nH]c1. The molecule has 0 saturated carbocycles. The Kier molecular flexibility index (Phi) is 4.17. The van der Waals surface area contributed by atoms with Gasteiger partial charge in [0.05, 0.1) is 5.56 Å². The maximum Gasteiger partial charge on any atom is 0.255 e. The van der Waals surface area contributed by atoms with Crippen molar-refractivity contribution in [3.63, 3.8) is 0 Å². The Morgan fingerprint density at radius 3 is 3.07 bits per heavy atom. The summed E-state index contributed by atoms with van der Waals surface area (Å²) < 4.78 is 0. The molecular formula is C10H16ClN3O. The molecule has 1 saturated heterocycles. The van der Waals surface area contributed by atoms with Gasteiger partial charge in [0.15, 0.2) is 0 Å². The number of carbonyl (C=O) groups excluding carboxylic acids is 1. The number of amides is 1. The fourth-order valence-corrected chi connectivity index (χ4v) is 1.97. The second-order valence-corrected chi connectivity index (χ2v) is 3.63. The van der Waals surface area contributed by atoms with Crippen LogP contribution in [0.1, 0.15) is 23.2 Å². The number of nitrogens with zero attached hydrogens (tertiary/aromatic N) is 1. The van der Waals surface area contributed by atoms with Gasteiger partial charge in [-0.15, -0.1) is 12.4 Å². The van der Waals surface area contributed by atoms with Crippen LogP contribution in [0.3, 0.4) is 0 Å². The monoisotopic (exact) mass is 229 g/mol. The number of H-pyrrole nitrogens is 1. The zero-order valence-electron chi connectivity index (χ0n) is 8.48. The van der Waals surface area contributed by atoms with Gasteiger partial charge >= 0.3 is 0 Å². The number of aromatic amines is 1. The van der Waals surface area contributed by atoms with Crippen molar-refractivity contribution in [3.05, 3.63) is 24.0 Å². The molecule has 84 valence electrons. The summed E-state index contributed by atoms with van der Waals surface area (Å²) in [5.74, 6) is 0.0965. The van der Waals surface area contributed by atoms with Gasteiger partial charge in [0.2, 0.25) is 0 Å². The second kappa shape index (κ2) is 5.19. The van der Waals surface area contributed by atoms with Crippen LogP contribution in [0.2, 0.25) is 0 Å². The van der Waals surface area contributed by atoms with Crippen LogP contribution in [-0.4, -0.2) is 34.9 Å². The summed E-state index contributed by atoms with van der Waals surface area (Å²) in [6.07, 6.45) is 5.60. The lowest BCUT2D eigenvalue weighted by Gasteiger charge is -2.22. The summed E-state index contributed by atoms with van der Waals surface area (Å²) in [5, 5.41) is 0. The van der Waals surface area contributed by atoms with E-state index in [9.17, 15) is 4.79 Å². The minimum Gasteiger partial charge on any atom is -0.367 e. The third kappa shape index (κ3) is 2.33. The van der Waals surface area contributed by atoms with Crippen LogP contribution < -0.4 is 5.73 Å². The summed E-state index contributed by atoms with van der Waals surface area (Å²) in [6.45, 7) is 1.40. The maximum absolute atomic E-state index is 11.9. The van der Waals surface area contributed by atoms with Crippen molar-refractivity contribution >= 4 is 18.3 Å². The van der Waals surface area contributed by atoms with E-state index in [0.717, 1.165) is 24.9 Å². The highest BCUT2D eigenvalue weighted by atomic mass is 35.5. The molecule has 0 aromatic carbocycles. The highest BCUT2D eigenvalue weighted by Crippen LogP contribution is 2.18. The first-order valence-electron chi connectivity index (χ1n) is 4.96. The smallest absolute Gasteiger partial charge is 0.255 e. The average Bonchev–Trinajstić information content (AvgIpc) is 2.87. The van der Waals surface area contributed by atoms with E-state index < -0.39 is 0 Å². The molecule has 2 rings (SSSR count). The van der Waals surface area contributed by atoms with Crippen LogP contribution >= 0.6 is 12.4 Å². The molecule has 2 heterocycles. The van der Waals surface area contributed by atoms with E-state index in [0.29, 0.717) is 6.54 Å². The highest BCUT2D eigenvalue weighted by Gasteiger charge is 2.28. The van der Waals surface area contributed by atoms with E-state index in [1.807, 2.05) is 4.90 Å². The zero-order valence-corrected chi connectivity index (χ0v) is 9.30. The van der Waals surface area contributed by atoms with Gasteiger partial charge in [-0.3, -0.25) is 4.79 Å². The number of nitrogens with one attached hydrogen (secondary N) is 1. The van der Waals surface area contributed by atoms with E-state index in [1.165, 1.54) is 0 Å². The van der Waals surface area contributed by atoms with E-state index in [1.54, 1.807) is 18.5 Å². The van der Waals surface area contributed by atoms with Crippen LogP contribution in [0, 0.1) is 0 Å². The summed E-state index contributed by atoms with van der Waals surface area (Å²) in [7, 11) is 0. The molecular weight excluding hydrogens is 214 g/mol. The Morgan fingerprint density at radius 2 is 2.47 bits per heavy atom. The van der Waals surface area contributed by atoms with Crippen molar-refractivity contribution in [1.29, 1.82) is 0 Å². The molecule has 0 radical (unpaired) electrons. The first-order valence-corrected chi connectivity index (χ1v) is 4.96. The van der Waals surface area contributed by atoms with Crippen molar-refractivity contribution in [1.82, 2.24) is 9.88 Å². The molecule has 1 atom stereocenters. The largest absolute Gasteiger partial charge is 0.367 e. The Labute approximate surface area is 95.2 Å². The minimum atomic E-state index is 0. The summed E-state index contributed by atoms with van der Waals surface area (Å²) in [4.78, 5) is 16.7. The fraction of sp³-hybridized carbons (Fsp3) is 0.500. The lowest BCUT2D eigenvalue weighted by Crippen LogP contribution is -2.39. The molecule has 1 aromatic rings. The first kappa shape index (κ1) is 12.1. The first-order chi connectivity index (χ1) is 6.83. The third-order valence-electron chi connectivity index (χ3n) is 2.75. The van der Waals surface area contributed by atoms with E-state index >= 15 is 0 Å². The third-order valence-corrected chi connectivity index (χ3v) is 2.75. The number of rotatable bonds is 2. The lowest BCUT2D eigenvalue weighted by atomic mass is 10.2. The number of halogens is 1. The summed E-state index contributed by atoms with van der Waals surface area (Å²) in [5.41, 5.74) is 6.34. The van der Waals surface area contributed by atoms with Crippen molar-refractivity contribution in [2.24, 2.45) is 5.73 Å². The Bertz CT molecular complexity index is 312. The quantitative estimate of drug-likeness (QED) is 0.795. The molecule has 3 N–H and O–H groups in total. The molecule has 1 aromatic heterocycles. The van der Waals surface area contributed by atoms with Crippen LogP contribution in [0.5, 0.6) is 0 Å².